The van der Waals surface area contributed by atoms with Gasteiger partial charge < -0.3 is 20.5 Å². The lowest BCUT2D eigenvalue weighted by molar-refractivity contribution is -0.384. The second-order valence-electron chi connectivity index (χ2n) is 6.73. The number of ether oxygens (including phenoxy) is 1. The van der Waals surface area contributed by atoms with E-state index < -0.39 is 4.92 Å². The summed E-state index contributed by atoms with van der Waals surface area (Å²) in [5.74, 6) is 0.888. The fraction of sp³-hybridized carbons (Fsp3) is 0.400. The fourth-order valence-corrected chi connectivity index (χ4v) is 3.77. The van der Waals surface area contributed by atoms with Gasteiger partial charge in [0.05, 0.1) is 12.0 Å². The Balaban J connectivity index is 1.80. The van der Waals surface area contributed by atoms with Crippen LogP contribution in [0.3, 0.4) is 0 Å². The van der Waals surface area contributed by atoms with Crippen LogP contribution >= 0.6 is 0 Å². The van der Waals surface area contributed by atoms with Crippen molar-refractivity contribution in [2.24, 2.45) is 5.92 Å². The number of benzene rings is 2. The minimum Gasteiger partial charge on any atom is -0.496 e. The van der Waals surface area contributed by atoms with Crippen molar-refractivity contribution >= 4 is 5.69 Å². The molecule has 7 nitrogen and oxygen atoms in total. The standard InChI is InChI=1S/C20H25N3O4/c1-27-18-8-7-17(23(25)26)11-16(18)13-22-20-15(9-10-24)12-21-19(20)14-5-3-2-4-6-14/h2-8,11,15,19-22,24H,9-10,12-13H2,1H3. The Labute approximate surface area is 158 Å². The summed E-state index contributed by atoms with van der Waals surface area (Å²) in [5.41, 5.74) is 1.97. The molecule has 2 aromatic carbocycles. The van der Waals surface area contributed by atoms with Crippen LogP contribution in [0.25, 0.3) is 0 Å². The van der Waals surface area contributed by atoms with E-state index in [2.05, 4.69) is 22.8 Å². The third kappa shape index (κ3) is 4.44. The van der Waals surface area contributed by atoms with E-state index in [0.29, 0.717) is 18.7 Å². The first kappa shape index (κ1) is 19.3. The highest BCUT2D eigenvalue weighted by molar-refractivity contribution is 5.43. The van der Waals surface area contributed by atoms with Crippen LogP contribution in [0.15, 0.2) is 48.5 Å². The normalized spacial score (nSPS) is 21.9. The Hall–Kier alpha value is -2.48. The number of methoxy groups -OCH3 is 1. The van der Waals surface area contributed by atoms with Crippen molar-refractivity contribution in [2.45, 2.75) is 25.0 Å². The fourth-order valence-electron chi connectivity index (χ4n) is 3.77. The van der Waals surface area contributed by atoms with Crippen molar-refractivity contribution in [3.05, 3.63) is 69.8 Å². The molecule has 27 heavy (non-hydrogen) atoms. The first-order valence-corrected chi connectivity index (χ1v) is 9.08. The van der Waals surface area contributed by atoms with Crippen LogP contribution in [0.2, 0.25) is 0 Å². The van der Waals surface area contributed by atoms with E-state index in [9.17, 15) is 15.2 Å². The highest BCUT2D eigenvalue weighted by Crippen LogP contribution is 2.31. The number of nitro benzene ring substituents is 1. The second kappa shape index (κ2) is 8.94. The molecule has 0 aromatic heterocycles. The largest absolute Gasteiger partial charge is 0.496 e. The van der Waals surface area contributed by atoms with Gasteiger partial charge in [-0.2, -0.15) is 0 Å². The first-order chi connectivity index (χ1) is 13.1. The van der Waals surface area contributed by atoms with Gasteiger partial charge in [0.1, 0.15) is 5.75 Å². The summed E-state index contributed by atoms with van der Waals surface area (Å²) < 4.78 is 5.36. The molecule has 0 radical (unpaired) electrons. The Morgan fingerprint density at radius 3 is 2.74 bits per heavy atom. The monoisotopic (exact) mass is 371 g/mol. The highest BCUT2D eigenvalue weighted by Gasteiger charge is 2.36. The van der Waals surface area contributed by atoms with E-state index in [1.54, 1.807) is 19.2 Å². The van der Waals surface area contributed by atoms with Crippen molar-refractivity contribution in [1.82, 2.24) is 10.6 Å². The number of nitro groups is 1. The molecule has 3 atom stereocenters. The molecular formula is C20H25N3O4. The van der Waals surface area contributed by atoms with Crippen molar-refractivity contribution in [3.8, 4) is 5.75 Å². The summed E-state index contributed by atoms with van der Waals surface area (Å²) in [7, 11) is 1.56. The molecule has 0 aliphatic carbocycles. The molecule has 2 aromatic rings. The van der Waals surface area contributed by atoms with Crippen LogP contribution in [0.5, 0.6) is 5.75 Å². The van der Waals surface area contributed by atoms with E-state index in [-0.39, 0.29) is 30.3 Å². The number of aliphatic hydroxyl groups excluding tert-OH is 1. The zero-order chi connectivity index (χ0) is 19.2. The van der Waals surface area contributed by atoms with Crippen molar-refractivity contribution in [1.29, 1.82) is 0 Å². The molecule has 1 saturated heterocycles. The number of hydrogen-bond donors (Lipinski definition) is 3. The summed E-state index contributed by atoms with van der Waals surface area (Å²) in [4.78, 5) is 10.7. The third-order valence-electron chi connectivity index (χ3n) is 5.13. The molecule has 3 unspecified atom stereocenters. The van der Waals surface area contributed by atoms with Crippen molar-refractivity contribution in [3.63, 3.8) is 0 Å². The summed E-state index contributed by atoms with van der Waals surface area (Å²) in [6.45, 7) is 1.39. The lowest BCUT2D eigenvalue weighted by Crippen LogP contribution is -2.38. The number of aliphatic hydroxyl groups is 1. The van der Waals surface area contributed by atoms with Gasteiger partial charge in [0.15, 0.2) is 0 Å². The second-order valence-corrected chi connectivity index (χ2v) is 6.73. The molecular weight excluding hydrogens is 346 g/mol. The van der Waals surface area contributed by atoms with Gasteiger partial charge in [0.25, 0.3) is 5.69 Å². The Morgan fingerprint density at radius 1 is 1.30 bits per heavy atom. The average Bonchev–Trinajstić information content (AvgIpc) is 3.09. The number of rotatable bonds is 8. The van der Waals surface area contributed by atoms with Crippen LogP contribution in [0, 0.1) is 16.0 Å². The van der Waals surface area contributed by atoms with Gasteiger partial charge in [0, 0.05) is 49.5 Å². The first-order valence-electron chi connectivity index (χ1n) is 9.08. The molecule has 3 N–H and O–H groups in total. The summed E-state index contributed by atoms with van der Waals surface area (Å²) in [6, 6.07) is 15.0. The van der Waals surface area contributed by atoms with E-state index in [1.165, 1.54) is 11.6 Å². The molecule has 1 aliphatic heterocycles. The predicted octanol–water partition coefficient (Wildman–Crippen LogP) is 2.40. The van der Waals surface area contributed by atoms with E-state index in [4.69, 9.17) is 4.74 Å². The number of non-ortho nitro benzene ring substituents is 1. The molecule has 1 heterocycles. The van der Waals surface area contributed by atoms with Crippen LogP contribution < -0.4 is 15.4 Å². The molecule has 0 spiro atoms. The predicted molar refractivity (Wildman–Crippen MR) is 103 cm³/mol. The Bertz CT molecular complexity index is 769. The molecule has 1 fully saturated rings. The molecule has 7 heteroatoms. The summed E-state index contributed by atoms with van der Waals surface area (Å²) in [6.07, 6.45) is 0.695. The zero-order valence-electron chi connectivity index (χ0n) is 15.3. The van der Waals surface area contributed by atoms with Crippen LogP contribution in [0.4, 0.5) is 5.69 Å². The maximum atomic E-state index is 11.1. The van der Waals surface area contributed by atoms with Gasteiger partial charge in [0.2, 0.25) is 0 Å². The molecule has 0 saturated carbocycles. The molecule has 0 amide bonds. The number of nitrogens with one attached hydrogen (secondary N) is 2. The van der Waals surface area contributed by atoms with Gasteiger partial charge in [-0.15, -0.1) is 0 Å². The molecule has 3 rings (SSSR count). The Morgan fingerprint density at radius 2 is 2.07 bits per heavy atom. The lowest BCUT2D eigenvalue weighted by Gasteiger charge is -2.26. The van der Waals surface area contributed by atoms with Gasteiger partial charge in [-0.1, -0.05) is 30.3 Å². The topological polar surface area (TPSA) is 96.7 Å². The SMILES string of the molecule is COc1ccc([N+](=O)[O-])cc1CNC1C(CCO)CNC1c1ccccc1. The summed E-state index contributed by atoms with van der Waals surface area (Å²) >= 11 is 0. The van der Waals surface area contributed by atoms with Crippen LogP contribution in [-0.2, 0) is 6.54 Å². The third-order valence-corrected chi connectivity index (χ3v) is 5.13. The number of nitrogens with zero attached hydrogens (tertiary/aromatic N) is 1. The molecule has 1 aliphatic rings. The average molecular weight is 371 g/mol. The lowest BCUT2D eigenvalue weighted by atomic mass is 9.91. The van der Waals surface area contributed by atoms with Gasteiger partial charge in [-0.25, -0.2) is 0 Å². The molecule has 0 bridgehead atoms. The smallest absolute Gasteiger partial charge is 0.270 e. The zero-order valence-corrected chi connectivity index (χ0v) is 15.3. The highest BCUT2D eigenvalue weighted by atomic mass is 16.6. The minimum absolute atomic E-state index is 0.0451. The van der Waals surface area contributed by atoms with E-state index in [0.717, 1.165) is 12.1 Å². The van der Waals surface area contributed by atoms with Gasteiger partial charge in [-0.3, -0.25) is 10.1 Å². The van der Waals surface area contributed by atoms with Crippen LogP contribution in [-0.4, -0.2) is 36.3 Å². The van der Waals surface area contributed by atoms with E-state index >= 15 is 0 Å². The van der Waals surface area contributed by atoms with Gasteiger partial charge >= 0.3 is 0 Å². The minimum atomic E-state index is -0.401. The summed E-state index contributed by atoms with van der Waals surface area (Å²) in [5, 5.41) is 27.6. The van der Waals surface area contributed by atoms with Crippen LogP contribution in [0.1, 0.15) is 23.6 Å². The van der Waals surface area contributed by atoms with Crippen molar-refractivity contribution in [2.75, 3.05) is 20.3 Å². The Kier molecular flexibility index (Phi) is 6.39. The van der Waals surface area contributed by atoms with Gasteiger partial charge in [-0.05, 0) is 24.0 Å². The van der Waals surface area contributed by atoms with Crippen molar-refractivity contribution < 1.29 is 14.8 Å². The maximum absolute atomic E-state index is 11.1. The van der Waals surface area contributed by atoms with E-state index in [1.807, 2.05) is 18.2 Å². The molecule has 144 valence electrons. The maximum Gasteiger partial charge on any atom is 0.270 e. The quantitative estimate of drug-likeness (QED) is 0.487. The number of hydrogen-bond acceptors (Lipinski definition) is 6.